The molecule has 3 heterocycles. The number of amides is 1. The molecule has 33 heavy (non-hydrogen) atoms. The van der Waals surface area contributed by atoms with Crippen molar-refractivity contribution in [2.75, 3.05) is 37.9 Å². The zero-order valence-electron chi connectivity index (χ0n) is 18.4. The predicted octanol–water partition coefficient (Wildman–Crippen LogP) is 4.01. The minimum absolute atomic E-state index is 0.225. The SMILES string of the molecule is CC(=O)N(c1nc(CN2CCN(Cc3ccc4c(c3)OCO4)CC2)cs1)c1ccccc1F. The molecule has 5 rings (SSSR count). The Morgan fingerprint density at radius 1 is 1.06 bits per heavy atom. The molecule has 3 aromatic rings. The van der Waals surface area contributed by atoms with Crippen LogP contribution in [0.1, 0.15) is 18.2 Å². The van der Waals surface area contributed by atoms with Gasteiger partial charge < -0.3 is 9.47 Å². The molecule has 0 bridgehead atoms. The van der Waals surface area contributed by atoms with Gasteiger partial charge in [-0.1, -0.05) is 18.2 Å². The molecule has 9 heteroatoms. The molecule has 0 unspecified atom stereocenters. The highest BCUT2D eigenvalue weighted by molar-refractivity contribution is 7.14. The molecule has 7 nitrogen and oxygen atoms in total. The number of halogens is 1. The standard InChI is InChI=1S/C24H25FN4O3S/c1-17(30)29(21-5-3-2-4-20(21)25)24-26-19(15-33-24)14-28-10-8-27(9-11-28)13-18-6-7-22-23(12-18)32-16-31-22/h2-7,12,15H,8-11,13-14,16H2,1H3. The van der Waals surface area contributed by atoms with Crippen LogP contribution < -0.4 is 14.4 Å². The van der Waals surface area contributed by atoms with Crippen molar-refractivity contribution < 1.29 is 18.7 Å². The maximum absolute atomic E-state index is 14.3. The van der Waals surface area contributed by atoms with Gasteiger partial charge in [-0.3, -0.25) is 19.5 Å². The third-order valence-electron chi connectivity index (χ3n) is 5.83. The Kier molecular flexibility index (Phi) is 6.26. The van der Waals surface area contributed by atoms with Crippen molar-refractivity contribution in [1.29, 1.82) is 0 Å². The fourth-order valence-electron chi connectivity index (χ4n) is 4.14. The molecule has 0 saturated carbocycles. The maximum atomic E-state index is 14.3. The van der Waals surface area contributed by atoms with Crippen LogP contribution in [0.4, 0.5) is 15.2 Å². The van der Waals surface area contributed by atoms with Gasteiger partial charge in [-0.2, -0.15) is 0 Å². The number of nitrogens with zero attached hydrogens (tertiary/aromatic N) is 4. The maximum Gasteiger partial charge on any atom is 0.231 e. The van der Waals surface area contributed by atoms with Crippen LogP contribution in [-0.4, -0.2) is 53.7 Å². The Morgan fingerprint density at radius 2 is 1.79 bits per heavy atom. The molecular formula is C24H25FN4O3S. The minimum Gasteiger partial charge on any atom is -0.454 e. The summed E-state index contributed by atoms with van der Waals surface area (Å²) in [5, 5.41) is 2.44. The van der Waals surface area contributed by atoms with Crippen LogP contribution in [-0.2, 0) is 17.9 Å². The monoisotopic (exact) mass is 468 g/mol. The van der Waals surface area contributed by atoms with Gasteiger partial charge >= 0.3 is 0 Å². The fraction of sp³-hybridized carbons (Fsp3) is 0.333. The summed E-state index contributed by atoms with van der Waals surface area (Å²) in [5.74, 6) is 0.922. The first-order valence-corrected chi connectivity index (χ1v) is 11.8. The molecule has 0 aliphatic carbocycles. The number of fused-ring (bicyclic) bond motifs is 1. The number of thiazole rings is 1. The molecule has 172 valence electrons. The van der Waals surface area contributed by atoms with Crippen LogP contribution in [0.25, 0.3) is 0 Å². The van der Waals surface area contributed by atoms with Gasteiger partial charge in [0.2, 0.25) is 12.7 Å². The first-order valence-electron chi connectivity index (χ1n) is 10.9. The van der Waals surface area contributed by atoms with Gasteiger partial charge in [0.25, 0.3) is 0 Å². The van der Waals surface area contributed by atoms with E-state index in [1.54, 1.807) is 18.2 Å². The van der Waals surface area contributed by atoms with Gasteiger partial charge in [0, 0.05) is 51.6 Å². The largest absolute Gasteiger partial charge is 0.454 e. The lowest BCUT2D eigenvalue weighted by atomic mass is 10.1. The van der Waals surface area contributed by atoms with E-state index in [1.807, 2.05) is 11.4 Å². The van der Waals surface area contributed by atoms with Gasteiger partial charge in [0.15, 0.2) is 16.6 Å². The van der Waals surface area contributed by atoms with Gasteiger partial charge in [0.05, 0.1) is 11.4 Å². The zero-order valence-corrected chi connectivity index (χ0v) is 19.2. The smallest absolute Gasteiger partial charge is 0.231 e. The van der Waals surface area contributed by atoms with E-state index < -0.39 is 5.82 Å². The molecule has 0 spiro atoms. The van der Waals surface area contributed by atoms with Crippen molar-refractivity contribution >= 4 is 28.1 Å². The lowest BCUT2D eigenvalue weighted by Gasteiger charge is -2.34. The third-order valence-corrected chi connectivity index (χ3v) is 6.71. The summed E-state index contributed by atoms with van der Waals surface area (Å²) in [6, 6.07) is 12.4. The lowest BCUT2D eigenvalue weighted by Crippen LogP contribution is -2.45. The lowest BCUT2D eigenvalue weighted by molar-refractivity contribution is -0.115. The Morgan fingerprint density at radius 3 is 2.55 bits per heavy atom. The van der Waals surface area contributed by atoms with Crippen LogP contribution in [0, 0.1) is 5.82 Å². The summed E-state index contributed by atoms with van der Waals surface area (Å²) in [5.41, 5.74) is 2.33. The molecule has 1 amide bonds. The van der Waals surface area contributed by atoms with Gasteiger partial charge in [0.1, 0.15) is 5.82 Å². The quantitative estimate of drug-likeness (QED) is 0.545. The average Bonchev–Trinajstić information content (AvgIpc) is 3.46. The number of ether oxygens (including phenoxy) is 2. The molecule has 0 atom stereocenters. The normalized spacial score (nSPS) is 16.2. The van der Waals surface area contributed by atoms with E-state index in [1.165, 1.54) is 34.8 Å². The molecule has 1 aromatic heterocycles. The van der Waals surface area contributed by atoms with Crippen LogP contribution >= 0.6 is 11.3 Å². The number of hydrogen-bond acceptors (Lipinski definition) is 7. The first kappa shape index (κ1) is 21.8. The molecule has 0 N–H and O–H groups in total. The highest BCUT2D eigenvalue weighted by Crippen LogP contribution is 2.33. The molecule has 2 aliphatic rings. The van der Waals surface area contributed by atoms with Gasteiger partial charge in [-0.15, -0.1) is 11.3 Å². The van der Waals surface area contributed by atoms with Gasteiger partial charge in [-0.05, 0) is 29.8 Å². The van der Waals surface area contributed by atoms with Crippen molar-refractivity contribution in [3.8, 4) is 11.5 Å². The van der Waals surface area contributed by atoms with Crippen LogP contribution in [0.15, 0.2) is 47.8 Å². The first-order chi connectivity index (χ1) is 16.1. The molecular weight excluding hydrogens is 443 g/mol. The number of piperazine rings is 1. The van der Waals surface area contributed by atoms with Crippen molar-refractivity contribution in [3.05, 3.63) is 64.9 Å². The number of carbonyl (C=O) groups excluding carboxylic acids is 1. The second kappa shape index (κ2) is 9.46. The van der Waals surface area contributed by atoms with Crippen LogP contribution in [0.3, 0.4) is 0 Å². The van der Waals surface area contributed by atoms with E-state index in [0.29, 0.717) is 18.5 Å². The zero-order chi connectivity index (χ0) is 22.8. The number of hydrogen-bond donors (Lipinski definition) is 0. The molecule has 0 radical (unpaired) electrons. The second-order valence-corrected chi connectivity index (χ2v) is 9.00. The predicted molar refractivity (Wildman–Crippen MR) is 124 cm³/mol. The summed E-state index contributed by atoms with van der Waals surface area (Å²) in [4.78, 5) is 23.0. The number of para-hydroxylation sites is 1. The summed E-state index contributed by atoms with van der Waals surface area (Å²) in [6.45, 7) is 7.08. The van der Waals surface area contributed by atoms with Crippen molar-refractivity contribution in [3.63, 3.8) is 0 Å². The average molecular weight is 469 g/mol. The number of anilines is 2. The van der Waals surface area contributed by atoms with Crippen molar-refractivity contribution in [2.45, 2.75) is 20.0 Å². The summed E-state index contributed by atoms with van der Waals surface area (Å²) in [6.07, 6.45) is 0. The number of aromatic nitrogens is 1. The van der Waals surface area contributed by atoms with E-state index in [9.17, 15) is 9.18 Å². The Bertz CT molecular complexity index is 1150. The summed E-state index contributed by atoms with van der Waals surface area (Å²) >= 11 is 1.36. The van der Waals surface area contributed by atoms with Crippen LogP contribution in [0.2, 0.25) is 0 Å². The molecule has 1 fully saturated rings. The topological polar surface area (TPSA) is 58.1 Å². The van der Waals surface area contributed by atoms with E-state index >= 15 is 0 Å². The summed E-state index contributed by atoms with van der Waals surface area (Å²) in [7, 11) is 0. The number of benzene rings is 2. The van der Waals surface area contributed by atoms with Crippen LogP contribution in [0.5, 0.6) is 11.5 Å². The third kappa shape index (κ3) is 4.85. The molecule has 2 aliphatic heterocycles. The fourth-order valence-corrected chi connectivity index (χ4v) is 5.02. The highest BCUT2D eigenvalue weighted by Gasteiger charge is 2.23. The minimum atomic E-state index is -0.442. The molecule has 2 aromatic carbocycles. The Hall–Kier alpha value is -3.01. The second-order valence-electron chi connectivity index (χ2n) is 8.17. The van der Waals surface area contributed by atoms with E-state index in [4.69, 9.17) is 9.47 Å². The van der Waals surface area contributed by atoms with Gasteiger partial charge in [-0.25, -0.2) is 9.37 Å². The van der Waals surface area contributed by atoms with E-state index in [0.717, 1.165) is 49.9 Å². The Labute approximate surface area is 196 Å². The van der Waals surface area contributed by atoms with Crippen molar-refractivity contribution in [2.24, 2.45) is 0 Å². The van der Waals surface area contributed by atoms with Crippen molar-refractivity contribution in [1.82, 2.24) is 14.8 Å². The summed E-state index contributed by atoms with van der Waals surface area (Å²) < 4.78 is 25.1. The Balaban J connectivity index is 1.18. The highest BCUT2D eigenvalue weighted by atomic mass is 32.1. The van der Waals surface area contributed by atoms with E-state index in [-0.39, 0.29) is 11.6 Å². The number of rotatable bonds is 6. The molecule has 1 saturated heterocycles. The number of carbonyl (C=O) groups is 1. The van der Waals surface area contributed by atoms with E-state index in [2.05, 4.69) is 26.9 Å².